The molecule has 1 unspecified atom stereocenters. The van der Waals surface area contributed by atoms with Crippen LogP contribution in [0.1, 0.15) is 13.8 Å². The van der Waals surface area contributed by atoms with E-state index in [0.717, 1.165) is 44.3 Å². The molecular formula is C15H25ClN2O2. The fourth-order valence-electron chi connectivity index (χ4n) is 2.31. The highest BCUT2D eigenvalue weighted by Crippen LogP contribution is 2.17. The summed E-state index contributed by atoms with van der Waals surface area (Å²) in [6.07, 6.45) is 0. The Labute approximate surface area is 127 Å². The quantitative estimate of drug-likeness (QED) is 0.873. The number of benzene rings is 1. The Balaban J connectivity index is 0.00000200. The second-order valence-electron chi connectivity index (χ2n) is 4.91. The van der Waals surface area contributed by atoms with Crippen molar-refractivity contribution in [1.82, 2.24) is 10.2 Å². The number of hydrogen-bond acceptors (Lipinski definition) is 4. The molecule has 1 saturated heterocycles. The highest BCUT2D eigenvalue weighted by molar-refractivity contribution is 5.85. The largest absolute Gasteiger partial charge is 0.494 e. The molecular weight excluding hydrogens is 276 g/mol. The first-order chi connectivity index (χ1) is 9.28. The molecule has 0 bridgehead atoms. The van der Waals surface area contributed by atoms with Crippen LogP contribution in [0.5, 0.6) is 11.5 Å². The summed E-state index contributed by atoms with van der Waals surface area (Å²) in [4.78, 5) is 2.44. The molecule has 0 amide bonds. The molecule has 1 aliphatic rings. The van der Waals surface area contributed by atoms with Crippen LogP contribution in [-0.2, 0) is 0 Å². The third kappa shape index (κ3) is 5.57. The minimum absolute atomic E-state index is 0. The Hall–Kier alpha value is -0.970. The molecule has 1 aromatic rings. The summed E-state index contributed by atoms with van der Waals surface area (Å²) in [5.74, 6) is 1.80. The van der Waals surface area contributed by atoms with Crippen molar-refractivity contribution in [2.24, 2.45) is 0 Å². The van der Waals surface area contributed by atoms with Crippen LogP contribution in [0.25, 0.3) is 0 Å². The fourth-order valence-corrected chi connectivity index (χ4v) is 2.31. The molecule has 0 spiro atoms. The molecule has 0 saturated carbocycles. The average Bonchev–Trinajstić information content (AvgIpc) is 2.41. The van der Waals surface area contributed by atoms with Gasteiger partial charge in [-0.3, -0.25) is 4.90 Å². The normalized spacial score (nSPS) is 19.2. The van der Waals surface area contributed by atoms with E-state index < -0.39 is 0 Å². The van der Waals surface area contributed by atoms with Gasteiger partial charge >= 0.3 is 0 Å². The summed E-state index contributed by atoms with van der Waals surface area (Å²) in [7, 11) is 0. The Kier molecular flexibility index (Phi) is 7.73. The zero-order valence-corrected chi connectivity index (χ0v) is 13.1. The van der Waals surface area contributed by atoms with Crippen molar-refractivity contribution in [3.8, 4) is 11.5 Å². The van der Waals surface area contributed by atoms with Crippen LogP contribution in [-0.4, -0.2) is 50.3 Å². The van der Waals surface area contributed by atoms with E-state index in [1.807, 2.05) is 31.2 Å². The lowest BCUT2D eigenvalue weighted by Gasteiger charge is -2.31. The number of nitrogens with zero attached hydrogens (tertiary/aromatic N) is 1. The smallest absolute Gasteiger partial charge is 0.119 e. The molecule has 0 radical (unpaired) electrons. The van der Waals surface area contributed by atoms with Crippen LogP contribution in [0.2, 0.25) is 0 Å². The van der Waals surface area contributed by atoms with Gasteiger partial charge in [-0.1, -0.05) is 0 Å². The lowest BCUT2D eigenvalue weighted by atomic mass is 10.2. The highest BCUT2D eigenvalue weighted by atomic mass is 35.5. The monoisotopic (exact) mass is 300 g/mol. The van der Waals surface area contributed by atoms with E-state index in [4.69, 9.17) is 9.47 Å². The summed E-state index contributed by atoms with van der Waals surface area (Å²) in [5.41, 5.74) is 0. The molecule has 1 N–H and O–H groups in total. The van der Waals surface area contributed by atoms with E-state index in [0.29, 0.717) is 12.6 Å². The number of hydrogen-bond donors (Lipinski definition) is 1. The van der Waals surface area contributed by atoms with Gasteiger partial charge < -0.3 is 14.8 Å². The van der Waals surface area contributed by atoms with Crippen molar-refractivity contribution in [2.45, 2.75) is 19.9 Å². The van der Waals surface area contributed by atoms with E-state index in [1.165, 1.54) is 0 Å². The second-order valence-corrected chi connectivity index (χ2v) is 4.91. The van der Waals surface area contributed by atoms with Crippen molar-refractivity contribution in [1.29, 1.82) is 0 Å². The summed E-state index contributed by atoms with van der Waals surface area (Å²) in [6, 6.07) is 8.41. The number of halogens is 1. The van der Waals surface area contributed by atoms with E-state index in [9.17, 15) is 0 Å². The van der Waals surface area contributed by atoms with Crippen LogP contribution in [0, 0.1) is 0 Å². The topological polar surface area (TPSA) is 33.7 Å². The van der Waals surface area contributed by atoms with Gasteiger partial charge in [-0.25, -0.2) is 0 Å². The number of piperazine rings is 1. The van der Waals surface area contributed by atoms with E-state index in [2.05, 4.69) is 17.1 Å². The first-order valence-electron chi connectivity index (χ1n) is 7.09. The summed E-state index contributed by atoms with van der Waals surface area (Å²) in [5, 5.41) is 3.44. The minimum Gasteiger partial charge on any atom is -0.494 e. The molecule has 0 aromatic heterocycles. The third-order valence-corrected chi connectivity index (χ3v) is 3.26. The van der Waals surface area contributed by atoms with Crippen LogP contribution in [0.3, 0.4) is 0 Å². The van der Waals surface area contributed by atoms with Gasteiger partial charge in [0, 0.05) is 32.2 Å². The Bertz CT molecular complexity index is 373. The van der Waals surface area contributed by atoms with Crippen molar-refractivity contribution in [2.75, 3.05) is 39.4 Å². The lowest BCUT2D eigenvalue weighted by Crippen LogP contribution is -2.50. The molecule has 1 heterocycles. The maximum absolute atomic E-state index is 5.76. The van der Waals surface area contributed by atoms with Crippen molar-refractivity contribution in [3.63, 3.8) is 0 Å². The van der Waals surface area contributed by atoms with Gasteiger partial charge in [-0.15, -0.1) is 12.4 Å². The van der Waals surface area contributed by atoms with Crippen molar-refractivity contribution >= 4 is 12.4 Å². The molecule has 20 heavy (non-hydrogen) atoms. The van der Waals surface area contributed by atoms with Gasteiger partial charge in [-0.2, -0.15) is 0 Å². The Morgan fingerprint density at radius 1 is 1.20 bits per heavy atom. The summed E-state index contributed by atoms with van der Waals surface area (Å²) >= 11 is 0. The maximum atomic E-state index is 5.76. The first kappa shape index (κ1) is 17.1. The van der Waals surface area contributed by atoms with Crippen LogP contribution in [0.15, 0.2) is 24.3 Å². The maximum Gasteiger partial charge on any atom is 0.119 e. The van der Waals surface area contributed by atoms with E-state index in [1.54, 1.807) is 0 Å². The van der Waals surface area contributed by atoms with Gasteiger partial charge in [0.05, 0.1) is 6.61 Å². The summed E-state index contributed by atoms with van der Waals surface area (Å²) < 4.78 is 11.2. The predicted molar refractivity (Wildman–Crippen MR) is 84.3 cm³/mol. The standard InChI is InChI=1S/C15H24N2O2.ClH/c1-3-18-14-4-6-15(7-5-14)19-11-10-17-9-8-16-13(2)12-17;/h4-7,13,16H,3,8-12H2,1-2H3;1H. The predicted octanol–water partition coefficient (Wildman–Crippen LogP) is 2.18. The van der Waals surface area contributed by atoms with Gasteiger partial charge in [0.1, 0.15) is 18.1 Å². The molecule has 2 rings (SSSR count). The van der Waals surface area contributed by atoms with Gasteiger partial charge in [-0.05, 0) is 38.1 Å². The van der Waals surface area contributed by atoms with Crippen LogP contribution in [0.4, 0.5) is 0 Å². The Morgan fingerprint density at radius 3 is 2.45 bits per heavy atom. The Morgan fingerprint density at radius 2 is 1.85 bits per heavy atom. The van der Waals surface area contributed by atoms with Gasteiger partial charge in [0.25, 0.3) is 0 Å². The van der Waals surface area contributed by atoms with Gasteiger partial charge in [0.15, 0.2) is 0 Å². The molecule has 1 aliphatic heterocycles. The molecule has 0 aliphatic carbocycles. The van der Waals surface area contributed by atoms with Gasteiger partial charge in [0.2, 0.25) is 0 Å². The third-order valence-electron chi connectivity index (χ3n) is 3.26. The highest BCUT2D eigenvalue weighted by Gasteiger charge is 2.14. The molecule has 1 fully saturated rings. The number of nitrogens with one attached hydrogen (secondary N) is 1. The minimum atomic E-state index is 0. The van der Waals surface area contributed by atoms with Crippen molar-refractivity contribution < 1.29 is 9.47 Å². The average molecular weight is 301 g/mol. The second kappa shape index (κ2) is 9.06. The van der Waals surface area contributed by atoms with Crippen LogP contribution >= 0.6 is 12.4 Å². The lowest BCUT2D eigenvalue weighted by molar-refractivity contribution is 0.170. The molecule has 1 aromatic carbocycles. The number of ether oxygens (including phenoxy) is 2. The zero-order chi connectivity index (χ0) is 13.5. The SMILES string of the molecule is CCOc1ccc(OCCN2CCNC(C)C2)cc1.Cl. The summed E-state index contributed by atoms with van der Waals surface area (Å²) in [6.45, 7) is 9.91. The zero-order valence-electron chi connectivity index (χ0n) is 12.3. The van der Waals surface area contributed by atoms with Crippen LogP contribution < -0.4 is 14.8 Å². The molecule has 4 nitrogen and oxygen atoms in total. The molecule has 5 heteroatoms. The van der Waals surface area contributed by atoms with Crippen molar-refractivity contribution in [3.05, 3.63) is 24.3 Å². The first-order valence-corrected chi connectivity index (χ1v) is 7.09. The van der Waals surface area contributed by atoms with E-state index >= 15 is 0 Å². The fraction of sp³-hybridized carbons (Fsp3) is 0.600. The molecule has 114 valence electrons. The number of rotatable bonds is 6. The van der Waals surface area contributed by atoms with E-state index in [-0.39, 0.29) is 12.4 Å². The molecule has 1 atom stereocenters.